The predicted molar refractivity (Wildman–Crippen MR) is 453 cm³/mol. The van der Waals surface area contributed by atoms with E-state index >= 15 is 0 Å². The molecule has 1 aliphatic carbocycles. The molecule has 3 rings (SSSR count). The van der Waals surface area contributed by atoms with Crippen LogP contribution in [0.3, 0.4) is 0 Å². The van der Waals surface area contributed by atoms with E-state index in [1.165, 1.54) is 122 Å². The van der Waals surface area contributed by atoms with Crippen LogP contribution in [0, 0.1) is 0 Å². The Balaban J connectivity index is 1.93. The molecule has 18 unspecified atom stereocenters. The lowest BCUT2D eigenvalue weighted by atomic mass is 9.84. The van der Waals surface area contributed by atoms with Crippen molar-refractivity contribution in [2.75, 3.05) is 26.4 Å². The Morgan fingerprint density at radius 3 is 1.03 bits per heavy atom. The van der Waals surface area contributed by atoms with Gasteiger partial charge in [0.05, 0.1) is 13.2 Å². The smallest absolute Gasteiger partial charge is 0.463 e. The Bertz CT molecular complexity index is 2580. The van der Waals surface area contributed by atoms with E-state index in [9.17, 15) is 74.6 Å². The normalized spacial score (nSPS) is 25.2. The maximum atomic E-state index is 14.9. The molecule has 2 saturated heterocycles. The summed E-state index contributed by atoms with van der Waals surface area (Å²) < 4.78 is 73.4. The van der Waals surface area contributed by atoms with Gasteiger partial charge in [0.15, 0.2) is 24.8 Å². The lowest BCUT2D eigenvalue weighted by Crippen LogP contribution is -2.70. The molecule has 0 bridgehead atoms. The number of aliphatic hydroxyl groups is 9. The number of carbonyl (C=O) groups is 4. The third-order valence-electron chi connectivity index (χ3n) is 22.6. The molecular formula is C91H165O25P. The second kappa shape index (κ2) is 70.0. The minimum atomic E-state index is -5.81. The van der Waals surface area contributed by atoms with E-state index in [0.717, 1.165) is 173 Å². The van der Waals surface area contributed by atoms with Gasteiger partial charge >= 0.3 is 31.7 Å². The maximum absolute atomic E-state index is 14.9. The zero-order valence-electron chi connectivity index (χ0n) is 72.7. The quantitative estimate of drug-likeness (QED) is 0.00889. The molecule has 117 heavy (non-hydrogen) atoms. The summed E-state index contributed by atoms with van der Waals surface area (Å²) >= 11 is 0. The zero-order chi connectivity index (χ0) is 85.4. The number of esters is 4. The zero-order valence-corrected chi connectivity index (χ0v) is 73.6. The van der Waals surface area contributed by atoms with Crippen LogP contribution in [0.2, 0.25) is 0 Å². The number of carbonyl (C=O) groups excluding carboxylic acids is 4. The lowest BCUT2D eigenvalue weighted by Gasteiger charge is -2.50. The number of phosphoric acid groups is 1. The highest BCUT2D eigenvalue weighted by Gasteiger charge is 2.60. The summed E-state index contributed by atoms with van der Waals surface area (Å²) in [6.45, 7) is 5.54. The van der Waals surface area contributed by atoms with Crippen LogP contribution < -0.4 is 0 Å². The monoisotopic (exact) mass is 1690 g/mol. The van der Waals surface area contributed by atoms with Crippen LogP contribution in [-0.2, 0) is 70.7 Å². The fourth-order valence-electron chi connectivity index (χ4n) is 15.1. The predicted octanol–water partition coefficient (Wildman–Crippen LogP) is 17.1. The van der Waals surface area contributed by atoms with Gasteiger partial charge in [-0.05, 0) is 103 Å². The first-order valence-electron chi connectivity index (χ1n) is 46.7. The van der Waals surface area contributed by atoms with Crippen molar-refractivity contribution in [1.82, 2.24) is 0 Å². The Morgan fingerprint density at radius 1 is 0.333 bits per heavy atom. The van der Waals surface area contributed by atoms with Gasteiger partial charge in [0.1, 0.15) is 92.6 Å². The highest BCUT2D eigenvalue weighted by atomic mass is 31.2. The molecule has 0 aromatic heterocycles. The number of allylic oxidation sites excluding steroid dienone is 6. The summed E-state index contributed by atoms with van der Waals surface area (Å²) in [5.74, 6) is -2.98. The second-order valence-electron chi connectivity index (χ2n) is 33.2. The van der Waals surface area contributed by atoms with E-state index < -0.39 is 162 Å². The van der Waals surface area contributed by atoms with E-state index in [2.05, 4.69) is 64.2 Å². The van der Waals surface area contributed by atoms with Crippen LogP contribution in [0.15, 0.2) is 36.5 Å². The third kappa shape index (κ3) is 50.3. The van der Waals surface area contributed by atoms with E-state index in [4.69, 9.17) is 46.9 Å². The number of unbranched alkanes of at least 4 members (excludes halogenated alkanes) is 45. The number of rotatable bonds is 75. The van der Waals surface area contributed by atoms with Crippen molar-refractivity contribution in [2.24, 2.45) is 0 Å². The molecule has 684 valence electrons. The van der Waals surface area contributed by atoms with Crippen molar-refractivity contribution in [1.29, 1.82) is 0 Å². The summed E-state index contributed by atoms with van der Waals surface area (Å²) in [5, 5.41) is 102. The molecule has 0 spiro atoms. The average Bonchev–Trinajstić information content (AvgIpc) is 0.755. The summed E-state index contributed by atoms with van der Waals surface area (Å²) in [6, 6.07) is 0. The standard InChI is InChI=1S/C91H165O25P/c1-5-9-13-17-21-25-29-33-36-40-44-47-51-55-59-63-74(93)107-68-71(110-76(95)65-61-57-53-49-45-41-37-34-30-26-22-18-14-10-6-2)69-109-117(105,106)116-89-87(114-90-84(103)80(99)78(97)72(67-92)111-90)83(102)82(101)86(113-77(96)66-62-58-54-50-46-42-38-35-31-27-23-19-15-11-7-3)88(89)115-91-85(104)81(100)79(98)73(112-91)70-108-75(94)64-60-56-52-48-43-39-32-28-24-20-16-12-8-4/h25-27,29-31,71-73,78-92,97-104H,5-24,28,32-70H2,1-4H3,(H,105,106)/b29-25-,30-26-,31-27-. The Labute approximate surface area is 704 Å². The largest absolute Gasteiger partial charge is 0.472 e. The van der Waals surface area contributed by atoms with Crippen molar-refractivity contribution >= 4 is 31.7 Å². The maximum Gasteiger partial charge on any atom is 0.472 e. The molecule has 0 radical (unpaired) electrons. The molecule has 26 heteroatoms. The molecule has 0 aromatic rings. The van der Waals surface area contributed by atoms with Crippen LogP contribution in [-0.4, -0.2) is 205 Å². The fraction of sp³-hybridized carbons (Fsp3) is 0.890. The lowest BCUT2D eigenvalue weighted by molar-refractivity contribution is -0.360. The minimum absolute atomic E-state index is 0.0153. The molecule has 3 aliphatic rings. The Morgan fingerprint density at radius 2 is 0.641 bits per heavy atom. The van der Waals surface area contributed by atoms with Crippen LogP contribution in [0.4, 0.5) is 0 Å². The van der Waals surface area contributed by atoms with E-state index in [0.29, 0.717) is 38.5 Å². The molecule has 0 aromatic carbocycles. The average molecular weight is 1690 g/mol. The van der Waals surface area contributed by atoms with Gasteiger partial charge in [-0.1, -0.05) is 295 Å². The van der Waals surface area contributed by atoms with Gasteiger partial charge in [0.2, 0.25) is 0 Å². The number of phosphoric ester groups is 1. The number of hydrogen-bond acceptors (Lipinski definition) is 24. The highest BCUT2D eigenvalue weighted by Crippen LogP contribution is 2.49. The van der Waals surface area contributed by atoms with Gasteiger partial charge in [0.25, 0.3) is 0 Å². The molecular weight excluding hydrogens is 1520 g/mol. The molecule has 25 nitrogen and oxygen atoms in total. The van der Waals surface area contributed by atoms with Gasteiger partial charge in [0, 0.05) is 25.7 Å². The highest BCUT2D eigenvalue weighted by molar-refractivity contribution is 7.47. The van der Waals surface area contributed by atoms with Crippen LogP contribution in [0.1, 0.15) is 387 Å². The van der Waals surface area contributed by atoms with Crippen molar-refractivity contribution in [2.45, 2.75) is 491 Å². The molecule has 10 N–H and O–H groups in total. The molecule has 1 saturated carbocycles. The minimum Gasteiger partial charge on any atom is -0.463 e. The van der Waals surface area contributed by atoms with Crippen molar-refractivity contribution in [3.63, 3.8) is 0 Å². The van der Waals surface area contributed by atoms with Gasteiger partial charge in [-0.15, -0.1) is 0 Å². The fourth-order valence-corrected chi connectivity index (χ4v) is 16.1. The number of ether oxygens (including phenoxy) is 8. The van der Waals surface area contributed by atoms with E-state index in [1.54, 1.807) is 0 Å². The van der Waals surface area contributed by atoms with Crippen molar-refractivity contribution < 1.29 is 122 Å². The van der Waals surface area contributed by atoms with Gasteiger partial charge in [-0.3, -0.25) is 28.2 Å². The molecule has 0 amide bonds. The van der Waals surface area contributed by atoms with E-state index in [-0.39, 0.29) is 25.7 Å². The topological polar surface area (TPSA) is 380 Å². The van der Waals surface area contributed by atoms with Crippen molar-refractivity contribution in [3.8, 4) is 0 Å². The van der Waals surface area contributed by atoms with Crippen LogP contribution >= 0.6 is 7.82 Å². The molecule has 18 atom stereocenters. The molecule has 2 heterocycles. The van der Waals surface area contributed by atoms with Crippen LogP contribution in [0.5, 0.6) is 0 Å². The van der Waals surface area contributed by atoms with Crippen molar-refractivity contribution in [3.05, 3.63) is 36.5 Å². The first-order valence-corrected chi connectivity index (χ1v) is 48.2. The second-order valence-corrected chi connectivity index (χ2v) is 34.6. The summed E-state index contributed by atoms with van der Waals surface area (Å²) in [4.78, 5) is 66.4. The number of aliphatic hydroxyl groups excluding tert-OH is 9. The SMILES string of the molecule is CCCCCC/C=C\CCCCCCCCCC(=O)OCC(COP(=O)(O)OC1C(OC2OC(CO)C(O)C(O)C2O)C(O)C(O)C(OC(=O)CCCCCCCCC/C=C\CCCCCC)C1OC1OC(COC(=O)CCCCCCCCCCCCCCC)C(O)C(O)C1O)OC(=O)CCCCCCCCC/C=C\CCCCCC. The molecule has 3 fully saturated rings. The van der Waals surface area contributed by atoms with E-state index in [1.807, 2.05) is 0 Å². The summed E-state index contributed by atoms with van der Waals surface area (Å²) in [5.41, 5.74) is 0. The first-order chi connectivity index (χ1) is 56.7. The first kappa shape index (κ1) is 108. The van der Waals surface area contributed by atoms with Gasteiger partial charge < -0.3 is 88.7 Å². The third-order valence-corrected chi connectivity index (χ3v) is 23.6. The van der Waals surface area contributed by atoms with Gasteiger partial charge in [-0.2, -0.15) is 0 Å². The Hall–Kier alpha value is -3.31. The van der Waals surface area contributed by atoms with Gasteiger partial charge in [-0.25, -0.2) is 4.57 Å². The number of hydrogen-bond donors (Lipinski definition) is 10. The summed E-state index contributed by atoms with van der Waals surface area (Å²) in [7, 11) is -5.81. The Kier molecular flexibility index (Phi) is 64.6. The molecule has 2 aliphatic heterocycles. The summed E-state index contributed by atoms with van der Waals surface area (Å²) in [6.07, 6.45) is 31.3. The van der Waals surface area contributed by atoms with Crippen LogP contribution in [0.25, 0.3) is 0 Å².